The molecule has 0 saturated heterocycles. The number of H-pyrrole nitrogens is 1. The SMILES string of the molecule is CCN(Cc1nc2cc(OC)c(OC)cc2c(=O)[nH]1)C(=O)NCCN1CCc2sccc2C1. The lowest BCUT2D eigenvalue weighted by atomic mass is 10.1. The van der Waals surface area contributed by atoms with Gasteiger partial charge < -0.3 is 24.7 Å². The summed E-state index contributed by atoms with van der Waals surface area (Å²) in [7, 11) is 3.05. The highest BCUT2D eigenvalue weighted by molar-refractivity contribution is 7.10. The lowest BCUT2D eigenvalue weighted by molar-refractivity contribution is 0.192. The van der Waals surface area contributed by atoms with E-state index in [1.54, 1.807) is 17.0 Å². The van der Waals surface area contributed by atoms with E-state index in [0.29, 0.717) is 41.3 Å². The van der Waals surface area contributed by atoms with Crippen LogP contribution >= 0.6 is 11.3 Å². The van der Waals surface area contributed by atoms with Crippen LogP contribution < -0.4 is 20.3 Å². The van der Waals surface area contributed by atoms with Gasteiger partial charge in [0.05, 0.1) is 31.7 Å². The number of carbonyl (C=O) groups excluding carboxylic acids is 1. The number of hydrogen-bond donors (Lipinski definition) is 2. The van der Waals surface area contributed by atoms with Gasteiger partial charge in [0.25, 0.3) is 5.56 Å². The second-order valence-corrected chi connectivity index (χ2v) is 8.88. The van der Waals surface area contributed by atoms with Crippen molar-refractivity contribution in [3.05, 3.63) is 50.2 Å². The topological polar surface area (TPSA) is 99.8 Å². The average molecular weight is 472 g/mol. The second kappa shape index (κ2) is 10.2. The predicted molar refractivity (Wildman–Crippen MR) is 128 cm³/mol. The van der Waals surface area contributed by atoms with Crippen molar-refractivity contribution in [2.45, 2.75) is 26.4 Å². The Morgan fingerprint density at radius 2 is 2.09 bits per heavy atom. The number of fused-ring (bicyclic) bond motifs is 2. The molecule has 10 heteroatoms. The Bertz CT molecular complexity index is 1190. The second-order valence-electron chi connectivity index (χ2n) is 7.88. The summed E-state index contributed by atoms with van der Waals surface area (Å²) in [5.41, 5.74) is 1.60. The van der Waals surface area contributed by atoms with E-state index in [1.165, 1.54) is 24.7 Å². The molecule has 0 unspecified atom stereocenters. The number of benzene rings is 1. The van der Waals surface area contributed by atoms with E-state index >= 15 is 0 Å². The fraction of sp³-hybridized carbons (Fsp3) is 0.435. The van der Waals surface area contributed by atoms with Crippen molar-refractivity contribution in [3.63, 3.8) is 0 Å². The summed E-state index contributed by atoms with van der Waals surface area (Å²) in [6, 6.07) is 5.28. The van der Waals surface area contributed by atoms with Crippen molar-refractivity contribution < 1.29 is 14.3 Å². The molecule has 1 aliphatic heterocycles. The summed E-state index contributed by atoms with van der Waals surface area (Å²) in [6.07, 6.45) is 1.07. The number of nitrogens with zero attached hydrogens (tertiary/aromatic N) is 3. The first-order valence-corrected chi connectivity index (χ1v) is 11.9. The van der Waals surface area contributed by atoms with Crippen molar-refractivity contribution >= 4 is 28.3 Å². The molecule has 0 aliphatic carbocycles. The van der Waals surface area contributed by atoms with Gasteiger partial charge in [0.15, 0.2) is 11.5 Å². The van der Waals surface area contributed by atoms with Crippen LogP contribution in [0.25, 0.3) is 10.9 Å². The van der Waals surface area contributed by atoms with Gasteiger partial charge in [-0.15, -0.1) is 11.3 Å². The number of methoxy groups -OCH3 is 2. The monoisotopic (exact) mass is 471 g/mol. The van der Waals surface area contributed by atoms with Gasteiger partial charge in [-0.2, -0.15) is 0 Å². The Hall–Kier alpha value is -3.11. The van der Waals surface area contributed by atoms with E-state index in [-0.39, 0.29) is 18.1 Å². The van der Waals surface area contributed by atoms with E-state index in [9.17, 15) is 9.59 Å². The Morgan fingerprint density at radius 1 is 1.30 bits per heavy atom. The van der Waals surface area contributed by atoms with Crippen LogP contribution in [-0.2, 0) is 19.5 Å². The standard InChI is InChI=1S/C23H29N5O4S/c1-4-28(23(30)24-7-9-27-8-5-20-15(13-27)6-10-33-20)14-21-25-17-12-19(32-3)18(31-2)11-16(17)22(29)26-21/h6,10-12H,4-5,7-9,13-14H2,1-3H3,(H,24,30)(H,25,26,29). The summed E-state index contributed by atoms with van der Waals surface area (Å²) >= 11 is 1.82. The van der Waals surface area contributed by atoms with Crippen LogP contribution in [0.3, 0.4) is 0 Å². The molecule has 0 spiro atoms. The Balaban J connectivity index is 1.38. The van der Waals surface area contributed by atoms with E-state index in [1.807, 2.05) is 18.3 Å². The molecule has 0 bridgehead atoms. The van der Waals surface area contributed by atoms with Gasteiger partial charge in [-0.3, -0.25) is 9.69 Å². The Kier molecular flexibility index (Phi) is 7.14. The van der Waals surface area contributed by atoms with Crippen LogP contribution in [0.4, 0.5) is 4.79 Å². The zero-order chi connectivity index (χ0) is 23.4. The number of urea groups is 1. The smallest absolute Gasteiger partial charge is 0.317 e. The van der Waals surface area contributed by atoms with Gasteiger partial charge in [0, 0.05) is 43.7 Å². The quantitative estimate of drug-likeness (QED) is 0.524. The van der Waals surface area contributed by atoms with Gasteiger partial charge >= 0.3 is 6.03 Å². The van der Waals surface area contributed by atoms with Crippen LogP contribution in [0.2, 0.25) is 0 Å². The van der Waals surface area contributed by atoms with E-state index in [0.717, 1.165) is 26.1 Å². The normalized spacial score (nSPS) is 13.5. The average Bonchev–Trinajstić information content (AvgIpc) is 3.29. The maximum absolute atomic E-state index is 12.8. The minimum Gasteiger partial charge on any atom is -0.493 e. The number of aromatic nitrogens is 2. The molecule has 2 N–H and O–H groups in total. The van der Waals surface area contributed by atoms with Gasteiger partial charge in [-0.05, 0) is 36.4 Å². The molecule has 3 aromatic rings. The highest BCUT2D eigenvalue weighted by Crippen LogP contribution is 2.30. The zero-order valence-corrected chi connectivity index (χ0v) is 20.0. The number of ether oxygens (including phenoxy) is 2. The molecule has 0 fully saturated rings. The molecule has 2 amide bonds. The molecular formula is C23H29N5O4S. The molecule has 1 aromatic carbocycles. The number of thiophene rings is 1. The zero-order valence-electron chi connectivity index (χ0n) is 19.1. The van der Waals surface area contributed by atoms with Gasteiger partial charge in [0.2, 0.25) is 0 Å². The van der Waals surface area contributed by atoms with Crippen LogP contribution in [0.1, 0.15) is 23.2 Å². The number of amides is 2. The first-order valence-electron chi connectivity index (χ1n) is 11.0. The van der Waals surface area contributed by atoms with Crippen molar-refractivity contribution in [2.24, 2.45) is 0 Å². The Morgan fingerprint density at radius 3 is 2.85 bits per heavy atom. The summed E-state index contributed by atoms with van der Waals surface area (Å²) in [5.74, 6) is 1.37. The fourth-order valence-electron chi connectivity index (χ4n) is 4.03. The summed E-state index contributed by atoms with van der Waals surface area (Å²) in [4.78, 5) is 38.1. The Labute approximate surface area is 196 Å². The molecular weight excluding hydrogens is 442 g/mol. The maximum atomic E-state index is 12.8. The number of carbonyl (C=O) groups is 1. The van der Waals surface area contributed by atoms with Crippen LogP contribution in [-0.4, -0.2) is 66.2 Å². The highest BCUT2D eigenvalue weighted by atomic mass is 32.1. The summed E-state index contributed by atoms with van der Waals surface area (Å²) in [5, 5.41) is 5.54. The van der Waals surface area contributed by atoms with Crippen LogP contribution in [0.5, 0.6) is 11.5 Å². The maximum Gasteiger partial charge on any atom is 0.317 e. The van der Waals surface area contributed by atoms with Gasteiger partial charge in [0.1, 0.15) is 5.82 Å². The predicted octanol–water partition coefficient (Wildman–Crippen LogP) is 2.59. The molecule has 33 heavy (non-hydrogen) atoms. The number of nitrogens with one attached hydrogen (secondary N) is 2. The molecule has 0 saturated carbocycles. The molecule has 1 aliphatic rings. The number of aromatic amines is 1. The molecule has 2 aromatic heterocycles. The molecule has 0 radical (unpaired) electrons. The van der Waals surface area contributed by atoms with Crippen LogP contribution in [0.15, 0.2) is 28.4 Å². The van der Waals surface area contributed by atoms with Crippen molar-refractivity contribution in [3.8, 4) is 11.5 Å². The van der Waals surface area contributed by atoms with Crippen molar-refractivity contribution in [1.82, 2.24) is 25.1 Å². The third-order valence-electron chi connectivity index (χ3n) is 5.86. The lowest BCUT2D eigenvalue weighted by Crippen LogP contribution is -2.43. The first-order chi connectivity index (χ1) is 16.0. The van der Waals surface area contributed by atoms with E-state index in [4.69, 9.17) is 9.47 Å². The molecule has 176 valence electrons. The third-order valence-corrected chi connectivity index (χ3v) is 6.88. The summed E-state index contributed by atoms with van der Waals surface area (Å²) in [6.45, 7) is 5.89. The highest BCUT2D eigenvalue weighted by Gasteiger charge is 2.19. The molecule has 3 heterocycles. The lowest BCUT2D eigenvalue weighted by Gasteiger charge is -2.27. The largest absolute Gasteiger partial charge is 0.493 e. The van der Waals surface area contributed by atoms with Gasteiger partial charge in [-0.25, -0.2) is 9.78 Å². The van der Waals surface area contributed by atoms with E-state index < -0.39 is 0 Å². The minimum absolute atomic E-state index is 0.180. The number of hydrogen-bond acceptors (Lipinski definition) is 7. The van der Waals surface area contributed by atoms with Gasteiger partial charge in [-0.1, -0.05) is 0 Å². The fourth-order valence-corrected chi connectivity index (χ4v) is 4.92. The first kappa shape index (κ1) is 23.1. The third kappa shape index (κ3) is 5.12. The minimum atomic E-state index is -0.287. The number of rotatable bonds is 8. The van der Waals surface area contributed by atoms with E-state index in [2.05, 4.69) is 31.6 Å². The van der Waals surface area contributed by atoms with Crippen LogP contribution in [0, 0.1) is 0 Å². The van der Waals surface area contributed by atoms with Crippen molar-refractivity contribution in [2.75, 3.05) is 40.4 Å². The van der Waals surface area contributed by atoms with Crippen molar-refractivity contribution in [1.29, 1.82) is 0 Å². The molecule has 0 atom stereocenters. The molecule has 4 rings (SSSR count). The molecule has 9 nitrogen and oxygen atoms in total. The summed E-state index contributed by atoms with van der Waals surface area (Å²) < 4.78 is 10.6.